The van der Waals surface area contributed by atoms with Gasteiger partial charge in [0.05, 0.1) is 0 Å². The lowest BCUT2D eigenvalue weighted by Crippen LogP contribution is -2.42. The molecule has 1 fully saturated rings. The fraction of sp³-hybridized carbons (Fsp3) is 0.538. The van der Waals surface area contributed by atoms with Gasteiger partial charge in [-0.3, -0.25) is 0 Å². The zero-order chi connectivity index (χ0) is 14.8. The Morgan fingerprint density at radius 3 is 2.90 bits per heavy atom. The van der Waals surface area contributed by atoms with Crippen LogP contribution >= 0.6 is 11.8 Å². The van der Waals surface area contributed by atoms with Gasteiger partial charge in [-0.2, -0.15) is 16.1 Å². The van der Waals surface area contributed by atoms with Crippen molar-refractivity contribution in [1.29, 1.82) is 0 Å². The Morgan fingerprint density at radius 1 is 1.50 bits per heavy atom. The third kappa shape index (κ3) is 3.16. The smallest absolute Gasteiger partial charge is 0.246 e. The van der Waals surface area contributed by atoms with Crippen molar-refractivity contribution in [2.24, 2.45) is 5.73 Å². The summed E-state index contributed by atoms with van der Waals surface area (Å²) in [4.78, 5) is -0.262. The molecule has 7 heteroatoms. The zero-order valence-electron chi connectivity index (χ0n) is 11.4. The van der Waals surface area contributed by atoms with Gasteiger partial charge in [-0.15, -0.1) is 0 Å². The second-order valence-electron chi connectivity index (χ2n) is 4.73. The van der Waals surface area contributed by atoms with Crippen molar-refractivity contribution < 1.29 is 12.8 Å². The second-order valence-corrected chi connectivity index (χ2v) is 8.05. The monoisotopic (exact) mass is 318 g/mol. The summed E-state index contributed by atoms with van der Waals surface area (Å²) in [5.41, 5.74) is 6.11. The molecular formula is C13H19FN2O2S2. The molecule has 112 valence electrons. The Morgan fingerprint density at radius 2 is 2.25 bits per heavy atom. The number of hydrogen-bond donors (Lipinski definition) is 1. The molecule has 20 heavy (non-hydrogen) atoms. The third-order valence-electron chi connectivity index (χ3n) is 3.41. The first-order valence-electron chi connectivity index (χ1n) is 6.59. The fourth-order valence-electron chi connectivity index (χ4n) is 2.17. The van der Waals surface area contributed by atoms with Gasteiger partial charge in [0.25, 0.3) is 0 Å². The molecular weight excluding hydrogens is 299 g/mol. The molecule has 1 aliphatic heterocycles. The summed E-state index contributed by atoms with van der Waals surface area (Å²) < 4.78 is 40.4. The van der Waals surface area contributed by atoms with Crippen LogP contribution in [0.15, 0.2) is 23.1 Å². The van der Waals surface area contributed by atoms with Gasteiger partial charge in [-0.05, 0) is 24.1 Å². The van der Waals surface area contributed by atoms with Crippen LogP contribution in [0.3, 0.4) is 0 Å². The molecule has 1 saturated heterocycles. The minimum absolute atomic E-state index is 0.191. The van der Waals surface area contributed by atoms with E-state index in [1.807, 2.05) is 6.92 Å². The zero-order valence-corrected chi connectivity index (χ0v) is 13.0. The van der Waals surface area contributed by atoms with E-state index >= 15 is 0 Å². The number of thioether (sulfide) groups is 1. The summed E-state index contributed by atoms with van der Waals surface area (Å²) in [6.07, 6.45) is 0.905. The van der Waals surface area contributed by atoms with E-state index in [4.69, 9.17) is 5.73 Å². The second kappa shape index (κ2) is 6.43. The highest BCUT2D eigenvalue weighted by atomic mass is 32.2. The standard InChI is InChI=1S/C13H19FN2O2S2/c1-2-11-9-16(5-6-19-11)20(17,18)13-7-10(8-15)3-4-12(13)14/h3-4,7,11H,2,5-6,8-9,15H2,1H3. The van der Waals surface area contributed by atoms with Gasteiger partial charge in [0.2, 0.25) is 10.0 Å². The van der Waals surface area contributed by atoms with Gasteiger partial charge in [0.1, 0.15) is 10.7 Å². The van der Waals surface area contributed by atoms with Crippen molar-refractivity contribution in [2.75, 3.05) is 18.8 Å². The van der Waals surface area contributed by atoms with Gasteiger partial charge < -0.3 is 5.73 Å². The first kappa shape index (κ1) is 15.8. The van der Waals surface area contributed by atoms with Crippen LogP contribution in [0, 0.1) is 5.82 Å². The summed E-state index contributed by atoms with van der Waals surface area (Å²) in [5, 5.41) is 0.277. The Bertz CT molecular complexity index is 578. The van der Waals surface area contributed by atoms with Gasteiger partial charge >= 0.3 is 0 Å². The molecule has 1 aromatic carbocycles. The predicted molar refractivity (Wildman–Crippen MR) is 79.6 cm³/mol. The lowest BCUT2D eigenvalue weighted by Gasteiger charge is -2.31. The molecule has 1 unspecified atom stereocenters. The molecule has 0 aliphatic carbocycles. The van der Waals surface area contributed by atoms with Crippen molar-refractivity contribution in [2.45, 2.75) is 30.0 Å². The topological polar surface area (TPSA) is 63.4 Å². The first-order valence-corrected chi connectivity index (χ1v) is 9.08. The van der Waals surface area contributed by atoms with Crippen LogP contribution in [0.5, 0.6) is 0 Å². The SMILES string of the molecule is CCC1CN(S(=O)(=O)c2cc(CN)ccc2F)CCS1. The number of rotatable bonds is 4. The molecule has 0 bridgehead atoms. The van der Waals surface area contributed by atoms with Crippen LogP contribution in [0.25, 0.3) is 0 Å². The van der Waals surface area contributed by atoms with Crippen molar-refractivity contribution >= 4 is 21.8 Å². The molecule has 0 amide bonds. The molecule has 1 atom stereocenters. The minimum Gasteiger partial charge on any atom is -0.326 e. The number of sulfonamides is 1. The highest BCUT2D eigenvalue weighted by Crippen LogP contribution is 2.27. The van der Waals surface area contributed by atoms with E-state index in [0.29, 0.717) is 18.7 Å². The molecule has 0 spiro atoms. The van der Waals surface area contributed by atoms with Crippen LogP contribution in [0.1, 0.15) is 18.9 Å². The average Bonchev–Trinajstić information content (AvgIpc) is 2.47. The Kier molecular flexibility index (Phi) is 5.06. The van der Waals surface area contributed by atoms with Crippen LogP contribution in [-0.4, -0.2) is 36.8 Å². The molecule has 1 heterocycles. The molecule has 2 rings (SSSR count). The van der Waals surface area contributed by atoms with E-state index in [1.54, 1.807) is 11.8 Å². The highest BCUT2D eigenvalue weighted by Gasteiger charge is 2.31. The maximum atomic E-state index is 13.9. The van der Waals surface area contributed by atoms with Crippen LogP contribution in [0.4, 0.5) is 4.39 Å². The molecule has 1 aliphatic rings. The third-order valence-corrected chi connectivity index (χ3v) is 6.66. The largest absolute Gasteiger partial charge is 0.326 e. The maximum Gasteiger partial charge on any atom is 0.246 e. The van der Waals surface area contributed by atoms with E-state index in [2.05, 4.69) is 0 Å². The van der Waals surface area contributed by atoms with Crippen molar-refractivity contribution in [3.8, 4) is 0 Å². The fourth-order valence-corrected chi connectivity index (χ4v) is 5.16. The average molecular weight is 318 g/mol. The van der Waals surface area contributed by atoms with Gasteiger partial charge in [0, 0.05) is 30.6 Å². The molecule has 4 nitrogen and oxygen atoms in total. The van der Waals surface area contributed by atoms with Gasteiger partial charge in [-0.25, -0.2) is 12.8 Å². The van der Waals surface area contributed by atoms with Crippen LogP contribution in [-0.2, 0) is 16.6 Å². The summed E-state index contributed by atoms with van der Waals surface area (Å²) in [6, 6.07) is 4.02. The van der Waals surface area contributed by atoms with Crippen LogP contribution < -0.4 is 5.73 Å². The normalized spacial score (nSPS) is 21.1. The molecule has 0 saturated carbocycles. The predicted octanol–water partition coefficient (Wildman–Crippen LogP) is 1.80. The maximum absolute atomic E-state index is 13.9. The van der Waals surface area contributed by atoms with E-state index in [0.717, 1.165) is 12.2 Å². The summed E-state index contributed by atoms with van der Waals surface area (Å²) >= 11 is 1.77. The van der Waals surface area contributed by atoms with Crippen molar-refractivity contribution in [3.05, 3.63) is 29.6 Å². The van der Waals surface area contributed by atoms with Crippen molar-refractivity contribution in [1.82, 2.24) is 4.31 Å². The molecule has 0 radical (unpaired) electrons. The van der Waals surface area contributed by atoms with E-state index < -0.39 is 15.8 Å². The van der Waals surface area contributed by atoms with E-state index in [9.17, 15) is 12.8 Å². The van der Waals surface area contributed by atoms with Crippen molar-refractivity contribution in [3.63, 3.8) is 0 Å². The number of nitrogens with two attached hydrogens (primary N) is 1. The minimum atomic E-state index is -3.78. The Balaban J connectivity index is 2.34. The molecule has 1 aromatic rings. The van der Waals surface area contributed by atoms with E-state index in [1.165, 1.54) is 22.5 Å². The lowest BCUT2D eigenvalue weighted by atomic mass is 10.2. The Hall–Kier alpha value is -0.630. The van der Waals surface area contributed by atoms with Gasteiger partial charge in [-0.1, -0.05) is 13.0 Å². The molecule has 2 N–H and O–H groups in total. The number of benzene rings is 1. The summed E-state index contributed by atoms with van der Waals surface area (Å²) in [5.74, 6) is 0.0316. The molecule has 0 aromatic heterocycles. The number of nitrogens with zero attached hydrogens (tertiary/aromatic N) is 1. The number of halogens is 1. The van der Waals surface area contributed by atoms with Crippen LogP contribution in [0.2, 0.25) is 0 Å². The van der Waals surface area contributed by atoms with E-state index in [-0.39, 0.29) is 16.7 Å². The highest BCUT2D eigenvalue weighted by molar-refractivity contribution is 8.00. The quantitative estimate of drug-likeness (QED) is 0.919. The number of hydrogen-bond acceptors (Lipinski definition) is 4. The van der Waals surface area contributed by atoms with Gasteiger partial charge in [0.15, 0.2) is 0 Å². The summed E-state index contributed by atoms with van der Waals surface area (Å²) in [7, 11) is -3.78. The summed E-state index contributed by atoms with van der Waals surface area (Å²) in [6.45, 7) is 3.09. The first-order chi connectivity index (χ1) is 9.48. The lowest BCUT2D eigenvalue weighted by molar-refractivity contribution is 0.412. The Labute approximate surface area is 123 Å².